The summed E-state index contributed by atoms with van der Waals surface area (Å²) in [7, 11) is 0. The first-order chi connectivity index (χ1) is 28.3. The summed E-state index contributed by atoms with van der Waals surface area (Å²) in [5.41, 5.74) is 16.5. The zero-order valence-electron chi connectivity index (χ0n) is 33.4. The van der Waals surface area contributed by atoms with E-state index in [9.17, 15) is 0 Å². The first-order valence-corrected chi connectivity index (χ1v) is 20.4. The van der Waals surface area contributed by atoms with E-state index in [1.807, 2.05) is 40.0 Å². The Hall–Kier alpha value is -6.71. The smallest absolute Gasteiger partial charge is 0.145 e. The first-order valence-electron chi connectivity index (χ1n) is 20.4. The average molecular weight is 740 g/mol. The SMILES string of the molecule is C1=C(c2cccc3c4ccccc4n(-c4ccccc4)c23)Cc2c1c1cccnc1n2-c1ccc(Cc2ccccc2)cc1.C1=C(c2ccccc2)C1.CC.CC. The van der Waals surface area contributed by atoms with Gasteiger partial charge in [0.2, 0.25) is 0 Å². The number of rotatable bonds is 6. The van der Waals surface area contributed by atoms with Crippen LogP contribution in [-0.4, -0.2) is 14.1 Å². The van der Waals surface area contributed by atoms with Crippen LogP contribution in [0.2, 0.25) is 0 Å². The highest BCUT2D eigenvalue weighted by atomic mass is 15.1. The van der Waals surface area contributed by atoms with Gasteiger partial charge in [-0.15, -0.1) is 0 Å². The highest BCUT2D eigenvalue weighted by molar-refractivity contribution is 6.14. The largest absolute Gasteiger partial charge is 0.309 e. The predicted octanol–water partition coefficient (Wildman–Crippen LogP) is 14.3. The summed E-state index contributed by atoms with van der Waals surface area (Å²) in [6, 6.07) is 60.7. The minimum atomic E-state index is 0.840. The van der Waals surface area contributed by atoms with E-state index < -0.39 is 0 Å². The van der Waals surface area contributed by atoms with E-state index in [1.165, 1.54) is 84.0 Å². The average Bonchev–Trinajstić information content (AvgIpc) is 3.87. The number of benzene rings is 6. The molecule has 0 N–H and O–H groups in total. The van der Waals surface area contributed by atoms with Gasteiger partial charge in [-0.25, -0.2) is 4.98 Å². The van der Waals surface area contributed by atoms with Gasteiger partial charge in [-0.2, -0.15) is 0 Å². The Labute approximate surface area is 336 Å². The molecular formula is C54H49N3. The molecule has 3 heteroatoms. The monoisotopic (exact) mass is 739 g/mol. The van der Waals surface area contributed by atoms with E-state index in [0.717, 1.165) is 24.2 Å². The lowest BCUT2D eigenvalue weighted by molar-refractivity contribution is 0.997. The molecule has 9 aromatic rings. The predicted molar refractivity (Wildman–Crippen MR) is 244 cm³/mol. The second-order valence-electron chi connectivity index (χ2n) is 13.9. The Kier molecular flexibility index (Phi) is 11.1. The number of para-hydroxylation sites is 3. The van der Waals surface area contributed by atoms with E-state index in [1.54, 1.807) is 0 Å². The highest BCUT2D eigenvalue weighted by Crippen LogP contribution is 2.43. The molecule has 0 radical (unpaired) electrons. The molecule has 3 nitrogen and oxygen atoms in total. The molecule has 2 aliphatic rings. The number of fused-ring (bicyclic) bond motifs is 6. The van der Waals surface area contributed by atoms with E-state index in [-0.39, 0.29) is 0 Å². The number of nitrogens with zero attached hydrogens (tertiary/aromatic N) is 3. The Morgan fingerprint density at radius 1 is 0.509 bits per heavy atom. The van der Waals surface area contributed by atoms with Gasteiger partial charge < -0.3 is 4.57 Å². The Balaban J connectivity index is 0.000000302. The van der Waals surface area contributed by atoms with Crippen LogP contribution in [0.4, 0.5) is 0 Å². The van der Waals surface area contributed by atoms with Gasteiger partial charge in [0.15, 0.2) is 0 Å². The van der Waals surface area contributed by atoms with Gasteiger partial charge in [0.1, 0.15) is 5.65 Å². The van der Waals surface area contributed by atoms with Crippen molar-refractivity contribution in [2.45, 2.75) is 47.0 Å². The fourth-order valence-corrected chi connectivity index (χ4v) is 8.04. The summed E-state index contributed by atoms with van der Waals surface area (Å²) in [6.07, 6.45) is 9.52. The molecule has 0 saturated heterocycles. The third kappa shape index (κ3) is 7.37. The molecule has 0 atom stereocenters. The molecule has 280 valence electrons. The van der Waals surface area contributed by atoms with Crippen LogP contribution in [0.1, 0.15) is 67.6 Å². The van der Waals surface area contributed by atoms with Crippen LogP contribution < -0.4 is 0 Å². The van der Waals surface area contributed by atoms with Gasteiger partial charge >= 0.3 is 0 Å². The number of pyridine rings is 1. The Morgan fingerprint density at radius 3 is 1.82 bits per heavy atom. The third-order valence-corrected chi connectivity index (χ3v) is 10.6. The molecule has 57 heavy (non-hydrogen) atoms. The lowest BCUT2D eigenvalue weighted by Gasteiger charge is -2.14. The van der Waals surface area contributed by atoms with Crippen LogP contribution in [0.3, 0.4) is 0 Å². The van der Waals surface area contributed by atoms with Crippen LogP contribution in [0.15, 0.2) is 182 Å². The van der Waals surface area contributed by atoms with Crippen molar-refractivity contribution in [1.29, 1.82) is 0 Å². The highest BCUT2D eigenvalue weighted by Gasteiger charge is 2.26. The molecule has 0 bridgehead atoms. The van der Waals surface area contributed by atoms with Crippen molar-refractivity contribution in [3.8, 4) is 11.4 Å². The lowest BCUT2D eigenvalue weighted by Crippen LogP contribution is -2.02. The van der Waals surface area contributed by atoms with E-state index >= 15 is 0 Å². The van der Waals surface area contributed by atoms with Gasteiger partial charge in [-0.05, 0) is 89.2 Å². The van der Waals surface area contributed by atoms with E-state index in [2.05, 4.69) is 185 Å². The summed E-state index contributed by atoms with van der Waals surface area (Å²) in [5.74, 6) is 0. The topological polar surface area (TPSA) is 22.8 Å². The molecule has 0 spiro atoms. The van der Waals surface area contributed by atoms with Gasteiger partial charge in [0.25, 0.3) is 0 Å². The van der Waals surface area contributed by atoms with Crippen LogP contribution in [0.5, 0.6) is 0 Å². The van der Waals surface area contributed by atoms with Crippen molar-refractivity contribution in [2.75, 3.05) is 0 Å². The lowest BCUT2D eigenvalue weighted by atomic mass is 10.0. The fourth-order valence-electron chi connectivity index (χ4n) is 8.04. The van der Waals surface area contributed by atoms with Crippen molar-refractivity contribution in [1.82, 2.24) is 14.1 Å². The molecule has 0 unspecified atom stereocenters. The van der Waals surface area contributed by atoms with Crippen molar-refractivity contribution in [2.24, 2.45) is 0 Å². The molecule has 3 aromatic heterocycles. The normalized spacial score (nSPS) is 12.4. The standard InChI is InChI=1S/C41H29N3.C9H8.2C2H6/c1-3-11-28(12-4-1)25-29-20-22-32(23-21-29)44-39-27-30(26-37(39)36-18-10-24-42-41(36)44)33-16-9-17-35-34-15-7-8-19-38(34)43(40(33)35)31-13-5-2-6-14-31;1-2-4-8(5-3-1)9-6-7-9;2*1-2/h1-24,26H,25,27H2;1-6H,7H2;2*1-2H3. The number of aromatic nitrogens is 3. The molecule has 6 aromatic carbocycles. The molecule has 0 fully saturated rings. The minimum Gasteiger partial charge on any atom is -0.309 e. The molecule has 0 saturated carbocycles. The van der Waals surface area contributed by atoms with Crippen LogP contribution >= 0.6 is 0 Å². The van der Waals surface area contributed by atoms with Crippen LogP contribution in [-0.2, 0) is 12.8 Å². The van der Waals surface area contributed by atoms with Crippen molar-refractivity contribution in [3.05, 3.63) is 216 Å². The van der Waals surface area contributed by atoms with Crippen LogP contribution in [0, 0.1) is 0 Å². The minimum absolute atomic E-state index is 0.840. The summed E-state index contributed by atoms with van der Waals surface area (Å²) >= 11 is 0. The van der Waals surface area contributed by atoms with Crippen molar-refractivity contribution >= 4 is 50.1 Å². The molecule has 0 aliphatic heterocycles. The molecule has 0 amide bonds. The summed E-state index contributed by atoms with van der Waals surface area (Å²) in [6.45, 7) is 8.00. The van der Waals surface area contributed by atoms with Crippen molar-refractivity contribution in [3.63, 3.8) is 0 Å². The van der Waals surface area contributed by atoms with Crippen LogP contribution in [0.25, 0.3) is 61.4 Å². The van der Waals surface area contributed by atoms with Gasteiger partial charge in [-0.3, -0.25) is 4.57 Å². The third-order valence-electron chi connectivity index (χ3n) is 10.6. The first kappa shape index (κ1) is 37.2. The maximum absolute atomic E-state index is 4.87. The second kappa shape index (κ2) is 17.0. The molecule has 2 aliphatic carbocycles. The van der Waals surface area contributed by atoms with E-state index in [0.29, 0.717) is 0 Å². The number of allylic oxidation sites excluding steroid dienone is 3. The quantitative estimate of drug-likeness (QED) is 0.166. The summed E-state index contributed by atoms with van der Waals surface area (Å²) in [4.78, 5) is 4.87. The molecular weight excluding hydrogens is 691 g/mol. The van der Waals surface area contributed by atoms with E-state index in [4.69, 9.17) is 4.98 Å². The molecule has 3 heterocycles. The maximum atomic E-state index is 4.87. The maximum Gasteiger partial charge on any atom is 0.145 e. The number of hydrogen-bond donors (Lipinski definition) is 0. The zero-order chi connectivity index (χ0) is 39.1. The Bertz CT molecular complexity index is 2820. The fraction of sp³-hybridized carbons (Fsp3) is 0.130. The summed E-state index contributed by atoms with van der Waals surface area (Å²) in [5, 5.41) is 3.75. The second-order valence-corrected chi connectivity index (χ2v) is 13.9. The van der Waals surface area contributed by atoms with Crippen molar-refractivity contribution < 1.29 is 0 Å². The zero-order valence-corrected chi connectivity index (χ0v) is 33.4. The molecule has 11 rings (SSSR count). The van der Waals surface area contributed by atoms with Gasteiger partial charge in [-0.1, -0.05) is 161 Å². The van der Waals surface area contributed by atoms with Gasteiger partial charge in [0.05, 0.1) is 11.0 Å². The Morgan fingerprint density at radius 2 is 1.11 bits per heavy atom. The van der Waals surface area contributed by atoms with Gasteiger partial charge in [0, 0.05) is 57.0 Å². The number of hydrogen-bond acceptors (Lipinski definition) is 1. The summed E-state index contributed by atoms with van der Waals surface area (Å²) < 4.78 is 4.80.